The Morgan fingerprint density at radius 3 is 2.06 bits per heavy atom. The van der Waals surface area contributed by atoms with Crippen molar-refractivity contribution >= 4 is 17.5 Å². The van der Waals surface area contributed by atoms with Crippen LogP contribution in [-0.2, 0) is 4.74 Å². The Hall–Kier alpha value is -3.34. The third kappa shape index (κ3) is 5.10. The number of methoxy groups -OCH3 is 1. The lowest BCUT2D eigenvalue weighted by Gasteiger charge is -2.19. The SMILES string of the molecule is COC(=O)c1c(C)c(-c2ccc(NC(C)C)cc2)cc(C)c1-c1ccc(NC(C)C)nc1. The van der Waals surface area contributed by atoms with Crippen molar-refractivity contribution in [2.45, 2.75) is 53.6 Å². The molecule has 168 valence electrons. The molecule has 5 nitrogen and oxygen atoms in total. The molecule has 0 amide bonds. The van der Waals surface area contributed by atoms with Gasteiger partial charge in [0.05, 0.1) is 12.7 Å². The second-order valence-electron chi connectivity index (χ2n) is 8.72. The number of pyridine rings is 1. The van der Waals surface area contributed by atoms with E-state index in [1.807, 2.05) is 32.2 Å². The fourth-order valence-corrected chi connectivity index (χ4v) is 3.95. The van der Waals surface area contributed by atoms with Crippen LogP contribution in [0, 0.1) is 13.8 Å². The first-order valence-electron chi connectivity index (χ1n) is 11.0. The van der Waals surface area contributed by atoms with E-state index in [0.717, 1.165) is 44.9 Å². The molecule has 0 unspecified atom stereocenters. The molecule has 0 spiro atoms. The third-order valence-electron chi connectivity index (χ3n) is 5.31. The van der Waals surface area contributed by atoms with Crippen LogP contribution >= 0.6 is 0 Å². The van der Waals surface area contributed by atoms with E-state index in [0.29, 0.717) is 17.6 Å². The van der Waals surface area contributed by atoms with Gasteiger partial charge in [0.2, 0.25) is 0 Å². The lowest BCUT2D eigenvalue weighted by atomic mass is 9.87. The number of aromatic nitrogens is 1. The standard InChI is InChI=1S/C27H33N3O2/c1-16(2)29-22-11-8-20(9-12-22)23-14-18(5)25(26(19(23)6)27(31)32-7)21-10-13-24(28-15-21)30-17(3)4/h8-17,29H,1-7H3,(H,28,30). The number of rotatable bonds is 7. The van der Waals surface area contributed by atoms with Crippen molar-refractivity contribution in [2.75, 3.05) is 17.7 Å². The van der Waals surface area contributed by atoms with Crippen molar-refractivity contribution in [2.24, 2.45) is 0 Å². The predicted octanol–water partition coefficient (Wildman–Crippen LogP) is 6.46. The lowest BCUT2D eigenvalue weighted by Crippen LogP contribution is -2.11. The Bertz CT molecular complexity index is 1090. The number of hydrogen-bond donors (Lipinski definition) is 2. The van der Waals surface area contributed by atoms with Gasteiger partial charge in [-0.3, -0.25) is 0 Å². The number of ether oxygens (including phenoxy) is 1. The molecule has 0 aliphatic carbocycles. The zero-order chi connectivity index (χ0) is 23.4. The Balaban J connectivity index is 2.10. The van der Waals surface area contributed by atoms with E-state index in [2.05, 4.69) is 73.6 Å². The number of carbonyl (C=O) groups is 1. The maximum atomic E-state index is 12.9. The second-order valence-corrected chi connectivity index (χ2v) is 8.72. The van der Waals surface area contributed by atoms with E-state index < -0.39 is 0 Å². The minimum Gasteiger partial charge on any atom is -0.465 e. The Morgan fingerprint density at radius 1 is 0.906 bits per heavy atom. The van der Waals surface area contributed by atoms with Crippen molar-refractivity contribution in [3.63, 3.8) is 0 Å². The first kappa shape index (κ1) is 23.3. The zero-order valence-electron chi connectivity index (χ0n) is 20.0. The molecule has 0 aliphatic rings. The molecule has 0 fully saturated rings. The van der Waals surface area contributed by atoms with Crippen LogP contribution in [0.1, 0.15) is 49.2 Å². The van der Waals surface area contributed by atoms with Gasteiger partial charge >= 0.3 is 5.97 Å². The summed E-state index contributed by atoms with van der Waals surface area (Å²) in [4.78, 5) is 17.4. The van der Waals surface area contributed by atoms with Gasteiger partial charge in [-0.25, -0.2) is 9.78 Å². The van der Waals surface area contributed by atoms with Crippen LogP contribution in [-0.4, -0.2) is 30.1 Å². The third-order valence-corrected chi connectivity index (χ3v) is 5.31. The minimum atomic E-state index is -0.343. The van der Waals surface area contributed by atoms with E-state index in [1.54, 1.807) is 0 Å². The fraction of sp³-hybridized carbons (Fsp3) is 0.333. The summed E-state index contributed by atoms with van der Waals surface area (Å²) in [6.45, 7) is 12.4. The zero-order valence-corrected chi connectivity index (χ0v) is 20.0. The van der Waals surface area contributed by atoms with Gasteiger partial charge in [-0.15, -0.1) is 0 Å². The van der Waals surface area contributed by atoms with Crippen LogP contribution in [0.3, 0.4) is 0 Å². The van der Waals surface area contributed by atoms with Gasteiger partial charge in [0, 0.05) is 35.1 Å². The largest absolute Gasteiger partial charge is 0.465 e. The van der Waals surface area contributed by atoms with Crippen LogP contribution < -0.4 is 10.6 Å². The number of aryl methyl sites for hydroxylation is 1. The monoisotopic (exact) mass is 431 g/mol. The van der Waals surface area contributed by atoms with Gasteiger partial charge < -0.3 is 15.4 Å². The van der Waals surface area contributed by atoms with E-state index in [9.17, 15) is 4.79 Å². The van der Waals surface area contributed by atoms with Gasteiger partial charge in [0.1, 0.15) is 5.82 Å². The molecule has 2 aromatic carbocycles. The molecule has 5 heteroatoms. The summed E-state index contributed by atoms with van der Waals surface area (Å²) in [5.41, 5.74) is 7.39. The van der Waals surface area contributed by atoms with Crippen LogP contribution in [0.25, 0.3) is 22.3 Å². The summed E-state index contributed by atoms with van der Waals surface area (Å²) in [6.07, 6.45) is 1.81. The molecule has 0 bridgehead atoms. The molecule has 0 atom stereocenters. The Labute approximate surface area is 191 Å². The van der Waals surface area contributed by atoms with Crippen molar-refractivity contribution in [3.8, 4) is 22.3 Å². The fourth-order valence-electron chi connectivity index (χ4n) is 3.95. The summed E-state index contributed by atoms with van der Waals surface area (Å²) in [5, 5.41) is 6.71. The summed E-state index contributed by atoms with van der Waals surface area (Å²) in [5.74, 6) is 0.467. The van der Waals surface area contributed by atoms with E-state index in [1.165, 1.54) is 7.11 Å². The van der Waals surface area contributed by atoms with Gasteiger partial charge in [-0.2, -0.15) is 0 Å². The molecule has 0 saturated heterocycles. The molecule has 3 rings (SSSR count). The van der Waals surface area contributed by atoms with Crippen LogP contribution in [0.2, 0.25) is 0 Å². The first-order chi connectivity index (χ1) is 15.2. The van der Waals surface area contributed by atoms with E-state index in [4.69, 9.17) is 4.74 Å². The molecule has 3 aromatic rings. The maximum absolute atomic E-state index is 12.9. The summed E-state index contributed by atoms with van der Waals surface area (Å²) < 4.78 is 5.18. The van der Waals surface area contributed by atoms with Crippen molar-refractivity contribution in [3.05, 3.63) is 65.4 Å². The molecular formula is C27H33N3O2. The van der Waals surface area contributed by atoms with Gasteiger partial charge in [-0.05, 0) is 88.1 Å². The maximum Gasteiger partial charge on any atom is 0.338 e. The average Bonchev–Trinajstić information content (AvgIpc) is 2.75. The van der Waals surface area contributed by atoms with E-state index >= 15 is 0 Å². The number of carbonyl (C=O) groups excluding carboxylic acids is 1. The van der Waals surface area contributed by atoms with Gasteiger partial charge in [-0.1, -0.05) is 18.2 Å². The number of nitrogens with one attached hydrogen (secondary N) is 2. The highest BCUT2D eigenvalue weighted by Crippen LogP contribution is 2.37. The number of benzene rings is 2. The number of hydrogen-bond acceptors (Lipinski definition) is 5. The van der Waals surface area contributed by atoms with Crippen molar-refractivity contribution < 1.29 is 9.53 Å². The summed E-state index contributed by atoms with van der Waals surface area (Å²) >= 11 is 0. The highest BCUT2D eigenvalue weighted by Gasteiger charge is 2.22. The van der Waals surface area contributed by atoms with Crippen molar-refractivity contribution in [1.29, 1.82) is 0 Å². The number of nitrogens with zero attached hydrogens (tertiary/aromatic N) is 1. The Kier molecular flexibility index (Phi) is 7.18. The second kappa shape index (κ2) is 9.86. The minimum absolute atomic E-state index is 0.296. The molecule has 1 aromatic heterocycles. The van der Waals surface area contributed by atoms with Crippen LogP contribution in [0.5, 0.6) is 0 Å². The van der Waals surface area contributed by atoms with Gasteiger partial charge in [0.25, 0.3) is 0 Å². The molecule has 1 heterocycles. The van der Waals surface area contributed by atoms with Crippen molar-refractivity contribution in [1.82, 2.24) is 4.98 Å². The van der Waals surface area contributed by atoms with Crippen LogP contribution in [0.4, 0.5) is 11.5 Å². The number of anilines is 2. The molecular weight excluding hydrogens is 398 g/mol. The molecule has 0 saturated carbocycles. The summed E-state index contributed by atoms with van der Waals surface area (Å²) in [6, 6.07) is 15.1. The molecule has 0 aliphatic heterocycles. The first-order valence-corrected chi connectivity index (χ1v) is 11.0. The molecule has 0 radical (unpaired) electrons. The smallest absolute Gasteiger partial charge is 0.338 e. The summed E-state index contributed by atoms with van der Waals surface area (Å²) in [7, 11) is 1.42. The highest BCUT2D eigenvalue weighted by molar-refractivity contribution is 6.02. The quantitative estimate of drug-likeness (QED) is 0.420. The topological polar surface area (TPSA) is 63.2 Å². The average molecular weight is 432 g/mol. The van der Waals surface area contributed by atoms with Crippen LogP contribution in [0.15, 0.2) is 48.7 Å². The highest BCUT2D eigenvalue weighted by atomic mass is 16.5. The predicted molar refractivity (Wildman–Crippen MR) is 133 cm³/mol. The number of esters is 1. The molecule has 32 heavy (non-hydrogen) atoms. The normalized spacial score (nSPS) is 11.0. The van der Waals surface area contributed by atoms with Gasteiger partial charge in [0.15, 0.2) is 0 Å². The lowest BCUT2D eigenvalue weighted by molar-refractivity contribution is 0.0601. The Morgan fingerprint density at radius 2 is 1.53 bits per heavy atom. The molecule has 2 N–H and O–H groups in total. The van der Waals surface area contributed by atoms with E-state index in [-0.39, 0.29) is 5.97 Å².